The lowest BCUT2D eigenvalue weighted by molar-refractivity contribution is 0.0601. The molecule has 2 rings (SSSR count). The van der Waals surface area contributed by atoms with Gasteiger partial charge in [0.2, 0.25) is 0 Å². The van der Waals surface area contributed by atoms with Gasteiger partial charge < -0.3 is 9.94 Å². The highest BCUT2D eigenvalue weighted by Crippen LogP contribution is 2.12. The molecular weight excluding hydrogens is 186 g/mol. The zero-order valence-corrected chi connectivity index (χ0v) is 7.34. The summed E-state index contributed by atoms with van der Waals surface area (Å²) in [7, 11) is 1.29. The van der Waals surface area contributed by atoms with Gasteiger partial charge in [0, 0.05) is 0 Å². The van der Waals surface area contributed by atoms with E-state index in [4.69, 9.17) is 0 Å². The minimum atomic E-state index is -0.465. The molecule has 6 nitrogen and oxygen atoms in total. The molecule has 1 aromatic carbocycles. The molecule has 1 heterocycles. The predicted molar refractivity (Wildman–Crippen MR) is 46.1 cm³/mol. The van der Waals surface area contributed by atoms with Gasteiger partial charge in [-0.05, 0) is 23.4 Å². The Morgan fingerprint density at radius 3 is 3.07 bits per heavy atom. The molecule has 72 valence electrons. The van der Waals surface area contributed by atoms with Crippen LogP contribution in [0.5, 0.6) is 0 Å². The van der Waals surface area contributed by atoms with Gasteiger partial charge in [0.25, 0.3) is 0 Å². The Labute approximate surface area is 78.7 Å². The van der Waals surface area contributed by atoms with Crippen LogP contribution < -0.4 is 0 Å². The lowest BCUT2D eigenvalue weighted by Gasteiger charge is -1.97. The average Bonchev–Trinajstić information content (AvgIpc) is 2.59. The van der Waals surface area contributed by atoms with Crippen molar-refractivity contribution in [1.82, 2.24) is 15.2 Å². The molecule has 0 aliphatic carbocycles. The highest BCUT2D eigenvalue weighted by atomic mass is 16.5. The molecule has 0 atom stereocenters. The first-order valence-electron chi connectivity index (χ1n) is 3.85. The number of rotatable bonds is 1. The van der Waals surface area contributed by atoms with Crippen LogP contribution in [0.3, 0.4) is 0 Å². The number of methoxy groups -OCH3 is 1. The van der Waals surface area contributed by atoms with E-state index in [2.05, 4.69) is 15.0 Å². The van der Waals surface area contributed by atoms with Gasteiger partial charge in [-0.25, -0.2) is 4.79 Å². The van der Waals surface area contributed by atoms with Crippen LogP contribution in [-0.2, 0) is 4.74 Å². The van der Waals surface area contributed by atoms with Crippen molar-refractivity contribution in [3.8, 4) is 0 Å². The molecule has 0 amide bonds. The highest BCUT2D eigenvalue weighted by Gasteiger charge is 2.09. The van der Waals surface area contributed by atoms with E-state index < -0.39 is 5.97 Å². The third-order valence-corrected chi connectivity index (χ3v) is 1.85. The molecule has 0 aliphatic heterocycles. The maximum Gasteiger partial charge on any atom is 0.337 e. The number of nitrogens with zero attached hydrogens (tertiary/aromatic N) is 3. The molecular formula is C8H7N3O3. The first-order chi connectivity index (χ1) is 6.72. The highest BCUT2D eigenvalue weighted by molar-refractivity contribution is 5.93. The Bertz CT molecular complexity index is 492. The fourth-order valence-corrected chi connectivity index (χ4v) is 1.15. The Balaban J connectivity index is 2.60. The summed E-state index contributed by atoms with van der Waals surface area (Å²) in [6, 6.07) is 4.60. The monoisotopic (exact) mass is 193 g/mol. The molecule has 0 unspecified atom stereocenters. The maximum atomic E-state index is 11.1. The lowest BCUT2D eigenvalue weighted by Crippen LogP contribution is -2.01. The standard InChI is InChI=1S/C8H7N3O3/c1-14-8(12)5-2-3-6-7(4-5)11(13)10-9-6/h2-4,13H,1H3. The number of carbonyl (C=O) groups is 1. The van der Waals surface area contributed by atoms with Crippen LogP contribution in [-0.4, -0.2) is 33.4 Å². The van der Waals surface area contributed by atoms with E-state index in [0.717, 1.165) is 0 Å². The summed E-state index contributed by atoms with van der Waals surface area (Å²) < 4.78 is 4.53. The van der Waals surface area contributed by atoms with Crippen molar-refractivity contribution in [3.63, 3.8) is 0 Å². The molecule has 1 aromatic heterocycles. The summed E-state index contributed by atoms with van der Waals surface area (Å²) in [5, 5.41) is 16.2. The second-order valence-corrected chi connectivity index (χ2v) is 2.67. The molecule has 2 aromatic rings. The zero-order valence-electron chi connectivity index (χ0n) is 7.34. The summed E-state index contributed by atoms with van der Waals surface area (Å²) in [6.07, 6.45) is 0. The number of benzene rings is 1. The summed E-state index contributed by atoms with van der Waals surface area (Å²) in [5.41, 5.74) is 1.23. The van der Waals surface area contributed by atoms with Gasteiger partial charge in [0.1, 0.15) is 11.0 Å². The zero-order chi connectivity index (χ0) is 10.1. The normalized spacial score (nSPS) is 10.4. The fraction of sp³-hybridized carbons (Fsp3) is 0.125. The minimum Gasteiger partial charge on any atom is -0.465 e. The van der Waals surface area contributed by atoms with Crippen molar-refractivity contribution in [3.05, 3.63) is 23.8 Å². The lowest BCUT2D eigenvalue weighted by atomic mass is 10.2. The van der Waals surface area contributed by atoms with Crippen LogP contribution >= 0.6 is 0 Å². The first-order valence-corrected chi connectivity index (χ1v) is 3.85. The van der Waals surface area contributed by atoms with E-state index in [1.54, 1.807) is 12.1 Å². The molecule has 0 saturated carbocycles. The van der Waals surface area contributed by atoms with Gasteiger partial charge in [-0.15, -0.1) is 5.10 Å². The van der Waals surface area contributed by atoms with Crippen LogP contribution in [0.25, 0.3) is 11.0 Å². The second kappa shape index (κ2) is 2.99. The quantitative estimate of drug-likeness (QED) is 0.525. The third-order valence-electron chi connectivity index (χ3n) is 1.85. The summed E-state index contributed by atoms with van der Waals surface area (Å²) >= 11 is 0. The van der Waals surface area contributed by atoms with Crippen molar-refractivity contribution < 1.29 is 14.7 Å². The molecule has 0 radical (unpaired) electrons. The molecule has 1 N–H and O–H groups in total. The van der Waals surface area contributed by atoms with Crippen molar-refractivity contribution in [2.75, 3.05) is 7.11 Å². The number of carbonyl (C=O) groups excluding carboxylic acids is 1. The van der Waals surface area contributed by atoms with Crippen molar-refractivity contribution in [1.29, 1.82) is 0 Å². The summed E-state index contributed by atoms with van der Waals surface area (Å²) in [6.45, 7) is 0. The van der Waals surface area contributed by atoms with Gasteiger partial charge >= 0.3 is 5.97 Å². The van der Waals surface area contributed by atoms with E-state index in [0.29, 0.717) is 21.4 Å². The Hall–Kier alpha value is -2.11. The first kappa shape index (κ1) is 8.49. The topological polar surface area (TPSA) is 77.2 Å². The molecule has 14 heavy (non-hydrogen) atoms. The minimum absolute atomic E-state index is 0.345. The second-order valence-electron chi connectivity index (χ2n) is 2.67. The number of fused-ring (bicyclic) bond motifs is 1. The fourth-order valence-electron chi connectivity index (χ4n) is 1.15. The van der Waals surface area contributed by atoms with E-state index in [9.17, 15) is 10.0 Å². The summed E-state index contributed by atoms with van der Waals surface area (Å²) in [4.78, 5) is 11.7. The number of hydrogen-bond acceptors (Lipinski definition) is 5. The largest absolute Gasteiger partial charge is 0.465 e. The van der Waals surface area contributed by atoms with Crippen LogP contribution in [0.2, 0.25) is 0 Å². The van der Waals surface area contributed by atoms with Gasteiger partial charge in [-0.2, -0.15) is 0 Å². The van der Waals surface area contributed by atoms with Gasteiger partial charge in [0.05, 0.1) is 12.7 Å². The number of esters is 1. The average molecular weight is 193 g/mol. The van der Waals surface area contributed by atoms with E-state index in [1.807, 2.05) is 0 Å². The Morgan fingerprint density at radius 2 is 2.36 bits per heavy atom. The van der Waals surface area contributed by atoms with Crippen LogP contribution in [0, 0.1) is 0 Å². The van der Waals surface area contributed by atoms with Gasteiger partial charge in [0.15, 0.2) is 0 Å². The molecule has 0 bridgehead atoms. The van der Waals surface area contributed by atoms with Gasteiger partial charge in [-0.1, -0.05) is 4.85 Å². The Morgan fingerprint density at radius 1 is 1.57 bits per heavy atom. The van der Waals surface area contributed by atoms with E-state index >= 15 is 0 Å². The van der Waals surface area contributed by atoms with E-state index in [1.165, 1.54) is 13.2 Å². The molecule has 0 fully saturated rings. The number of aromatic nitrogens is 3. The summed E-state index contributed by atoms with van der Waals surface area (Å²) in [5.74, 6) is -0.465. The molecule has 6 heteroatoms. The number of ether oxygens (including phenoxy) is 1. The van der Waals surface area contributed by atoms with Crippen molar-refractivity contribution in [2.24, 2.45) is 0 Å². The third kappa shape index (κ3) is 1.17. The van der Waals surface area contributed by atoms with Crippen molar-refractivity contribution in [2.45, 2.75) is 0 Å². The SMILES string of the molecule is COC(=O)c1ccc2nnn(O)c2c1. The Kier molecular flexibility index (Phi) is 1.81. The van der Waals surface area contributed by atoms with Crippen LogP contribution in [0.15, 0.2) is 18.2 Å². The maximum absolute atomic E-state index is 11.1. The molecule has 0 spiro atoms. The van der Waals surface area contributed by atoms with E-state index in [-0.39, 0.29) is 0 Å². The molecule has 0 saturated heterocycles. The van der Waals surface area contributed by atoms with Gasteiger partial charge in [-0.3, -0.25) is 0 Å². The van der Waals surface area contributed by atoms with Crippen molar-refractivity contribution >= 4 is 17.0 Å². The predicted octanol–water partition coefficient (Wildman–Crippen LogP) is 0.455. The molecule has 0 aliphatic rings. The smallest absolute Gasteiger partial charge is 0.337 e. The van der Waals surface area contributed by atoms with Crippen LogP contribution in [0.1, 0.15) is 10.4 Å². The number of hydrogen-bond donors (Lipinski definition) is 1. The van der Waals surface area contributed by atoms with Crippen LogP contribution in [0.4, 0.5) is 0 Å².